The number of benzene rings is 1. The van der Waals surface area contributed by atoms with Crippen LogP contribution in [0.1, 0.15) is 19.3 Å². The Morgan fingerprint density at radius 2 is 2.04 bits per heavy atom. The molecule has 0 atom stereocenters. The van der Waals surface area contributed by atoms with Gasteiger partial charge in [-0.15, -0.1) is 0 Å². The van der Waals surface area contributed by atoms with Crippen molar-refractivity contribution in [2.24, 2.45) is 0 Å². The lowest BCUT2D eigenvalue weighted by molar-refractivity contribution is -0.121. The van der Waals surface area contributed by atoms with Gasteiger partial charge in [-0.25, -0.2) is 9.37 Å². The first-order valence-electron chi connectivity index (χ1n) is 8.27. The first-order valence-corrected chi connectivity index (χ1v) is 8.27. The number of nitrogens with one attached hydrogen (secondary N) is 1. The molecule has 1 aromatic carbocycles. The minimum atomic E-state index is -0.495. The molecule has 1 amide bonds. The molecule has 1 saturated heterocycles. The average molecular weight is 332 g/mol. The Labute approximate surface area is 139 Å². The van der Waals surface area contributed by atoms with Gasteiger partial charge in [0.1, 0.15) is 12.4 Å². The summed E-state index contributed by atoms with van der Waals surface area (Å²) in [4.78, 5) is 30.8. The summed E-state index contributed by atoms with van der Waals surface area (Å²) in [6.45, 7) is 3.42. The van der Waals surface area contributed by atoms with Gasteiger partial charge in [-0.05, 0) is 44.1 Å². The van der Waals surface area contributed by atoms with Crippen LogP contribution in [0, 0.1) is 5.82 Å². The number of amides is 1. The second kappa shape index (κ2) is 7.53. The second-order valence-corrected chi connectivity index (χ2v) is 6.09. The fourth-order valence-corrected chi connectivity index (χ4v) is 2.99. The van der Waals surface area contributed by atoms with E-state index < -0.39 is 11.4 Å². The standard InChI is InChI=1S/C17H21FN4O2/c18-13-4-5-15-14(10-13)17(24)22(12-20-15)11-16(23)19-6-9-21-7-2-1-3-8-21/h4-5,10,12H,1-3,6-9,11H2,(H,19,23). The van der Waals surface area contributed by atoms with Gasteiger partial charge < -0.3 is 10.2 Å². The maximum atomic E-state index is 13.3. The first kappa shape index (κ1) is 16.6. The largest absolute Gasteiger partial charge is 0.353 e. The van der Waals surface area contributed by atoms with Crippen molar-refractivity contribution in [1.29, 1.82) is 0 Å². The second-order valence-electron chi connectivity index (χ2n) is 6.09. The predicted octanol–water partition coefficient (Wildman–Crippen LogP) is 1.14. The molecule has 0 saturated carbocycles. The Hall–Kier alpha value is -2.28. The predicted molar refractivity (Wildman–Crippen MR) is 89.3 cm³/mol. The van der Waals surface area contributed by atoms with Crippen molar-refractivity contribution < 1.29 is 9.18 Å². The molecular formula is C17H21FN4O2. The summed E-state index contributed by atoms with van der Waals surface area (Å²) in [6, 6.07) is 3.86. The fourth-order valence-electron chi connectivity index (χ4n) is 2.99. The van der Waals surface area contributed by atoms with Gasteiger partial charge in [-0.3, -0.25) is 14.2 Å². The van der Waals surface area contributed by atoms with Crippen molar-refractivity contribution in [3.8, 4) is 0 Å². The average Bonchev–Trinajstić information content (AvgIpc) is 2.59. The molecule has 1 N–H and O–H groups in total. The highest BCUT2D eigenvalue weighted by molar-refractivity contribution is 5.78. The van der Waals surface area contributed by atoms with Gasteiger partial charge in [0.05, 0.1) is 17.2 Å². The summed E-state index contributed by atoms with van der Waals surface area (Å²) >= 11 is 0. The van der Waals surface area contributed by atoms with E-state index in [-0.39, 0.29) is 17.8 Å². The highest BCUT2D eigenvalue weighted by Gasteiger charge is 2.11. The Morgan fingerprint density at radius 1 is 1.25 bits per heavy atom. The van der Waals surface area contributed by atoms with Crippen LogP contribution in [0.4, 0.5) is 4.39 Å². The topological polar surface area (TPSA) is 67.2 Å². The molecule has 3 rings (SSSR count). The smallest absolute Gasteiger partial charge is 0.261 e. The third-order valence-corrected chi connectivity index (χ3v) is 4.30. The Balaban J connectivity index is 1.58. The zero-order chi connectivity index (χ0) is 16.9. The summed E-state index contributed by atoms with van der Waals surface area (Å²) in [5, 5.41) is 3.00. The van der Waals surface area contributed by atoms with Crippen LogP contribution < -0.4 is 10.9 Å². The number of fused-ring (bicyclic) bond motifs is 1. The lowest BCUT2D eigenvalue weighted by Gasteiger charge is -2.26. The number of nitrogens with zero attached hydrogens (tertiary/aromatic N) is 3. The lowest BCUT2D eigenvalue weighted by atomic mass is 10.1. The number of piperidine rings is 1. The summed E-state index contributed by atoms with van der Waals surface area (Å²) in [6.07, 6.45) is 5.03. The van der Waals surface area contributed by atoms with Crippen molar-refractivity contribution in [3.05, 3.63) is 40.7 Å². The molecule has 2 aromatic rings. The molecule has 0 radical (unpaired) electrons. The van der Waals surface area contributed by atoms with E-state index in [9.17, 15) is 14.0 Å². The van der Waals surface area contributed by atoms with Crippen molar-refractivity contribution in [2.45, 2.75) is 25.8 Å². The molecule has 24 heavy (non-hydrogen) atoms. The van der Waals surface area contributed by atoms with E-state index in [0.717, 1.165) is 25.7 Å². The van der Waals surface area contributed by atoms with E-state index in [2.05, 4.69) is 15.2 Å². The van der Waals surface area contributed by atoms with Gasteiger partial charge in [0.2, 0.25) is 5.91 Å². The molecule has 6 nitrogen and oxygen atoms in total. The Morgan fingerprint density at radius 3 is 2.83 bits per heavy atom. The maximum absolute atomic E-state index is 13.3. The van der Waals surface area contributed by atoms with E-state index in [0.29, 0.717) is 12.1 Å². The minimum Gasteiger partial charge on any atom is -0.353 e. The van der Waals surface area contributed by atoms with Crippen LogP contribution in [0.5, 0.6) is 0 Å². The molecule has 0 unspecified atom stereocenters. The Bertz CT molecular complexity index is 784. The fraction of sp³-hybridized carbons (Fsp3) is 0.471. The molecule has 7 heteroatoms. The normalized spacial score (nSPS) is 15.5. The molecule has 1 aromatic heterocycles. The van der Waals surface area contributed by atoms with Gasteiger partial charge in [-0.1, -0.05) is 6.42 Å². The molecule has 0 aliphatic carbocycles. The quantitative estimate of drug-likeness (QED) is 0.892. The number of aromatic nitrogens is 2. The van der Waals surface area contributed by atoms with Crippen molar-refractivity contribution in [1.82, 2.24) is 19.8 Å². The maximum Gasteiger partial charge on any atom is 0.261 e. The van der Waals surface area contributed by atoms with E-state index >= 15 is 0 Å². The van der Waals surface area contributed by atoms with Gasteiger partial charge in [0.25, 0.3) is 5.56 Å². The van der Waals surface area contributed by atoms with Crippen molar-refractivity contribution in [2.75, 3.05) is 26.2 Å². The van der Waals surface area contributed by atoms with Gasteiger partial charge in [0.15, 0.2) is 0 Å². The number of likely N-dealkylation sites (tertiary alicyclic amines) is 1. The van der Waals surface area contributed by atoms with Crippen LogP contribution in [0.2, 0.25) is 0 Å². The summed E-state index contributed by atoms with van der Waals surface area (Å²) in [5.74, 6) is -0.739. The number of carbonyl (C=O) groups is 1. The molecular weight excluding hydrogens is 311 g/mol. The van der Waals surface area contributed by atoms with Gasteiger partial charge in [-0.2, -0.15) is 0 Å². The summed E-state index contributed by atoms with van der Waals surface area (Å²) in [5.41, 5.74) is 0.00818. The number of carbonyl (C=O) groups excluding carboxylic acids is 1. The van der Waals surface area contributed by atoms with Crippen molar-refractivity contribution >= 4 is 16.8 Å². The van der Waals surface area contributed by atoms with E-state index in [4.69, 9.17) is 0 Å². The zero-order valence-corrected chi connectivity index (χ0v) is 13.5. The van der Waals surface area contributed by atoms with Crippen LogP contribution in [0.3, 0.4) is 0 Å². The monoisotopic (exact) mass is 332 g/mol. The van der Waals surface area contributed by atoms with Crippen LogP contribution in [0.25, 0.3) is 10.9 Å². The third kappa shape index (κ3) is 3.97. The van der Waals surface area contributed by atoms with Crippen LogP contribution in [-0.2, 0) is 11.3 Å². The number of hydrogen-bond donors (Lipinski definition) is 1. The summed E-state index contributed by atoms with van der Waals surface area (Å²) in [7, 11) is 0. The van der Waals surface area contributed by atoms with Crippen LogP contribution in [-0.4, -0.2) is 46.5 Å². The van der Waals surface area contributed by atoms with E-state index in [1.54, 1.807) is 0 Å². The highest BCUT2D eigenvalue weighted by atomic mass is 19.1. The summed E-state index contributed by atoms with van der Waals surface area (Å²) < 4.78 is 14.5. The zero-order valence-electron chi connectivity index (χ0n) is 13.5. The molecule has 0 bridgehead atoms. The molecule has 2 heterocycles. The minimum absolute atomic E-state index is 0.113. The molecule has 1 aliphatic rings. The highest BCUT2D eigenvalue weighted by Crippen LogP contribution is 2.08. The lowest BCUT2D eigenvalue weighted by Crippen LogP contribution is -2.39. The van der Waals surface area contributed by atoms with Gasteiger partial charge in [0, 0.05) is 13.1 Å². The molecule has 1 aliphatic heterocycles. The molecule has 128 valence electrons. The number of hydrogen-bond acceptors (Lipinski definition) is 4. The molecule has 0 spiro atoms. The SMILES string of the molecule is O=C(Cn1cnc2ccc(F)cc2c1=O)NCCN1CCCCC1. The van der Waals surface area contributed by atoms with E-state index in [1.165, 1.54) is 42.3 Å². The number of halogens is 1. The van der Waals surface area contributed by atoms with Gasteiger partial charge >= 0.3 is 0 Å². The third-order valence-electron chi connectivity index (χ3n) is 4.30. The van der Waals surface area contributed by atoms with Crippen LogP contribution in [0.15, 0.2) is 29.3 Å². The van der Waals surface area contributed by atoms with E-state index in [1.807, 2.05) is 0 Å². The van der Waals surface area contributed by atoms with Crippen LogP contribution >= 0.6 is 0 Å². The molecule has 1 fully saturated rings. The Kier molecular flexibility index (Phi) is 5.20. The number of rotatable bonds is 5. The van der Waals surface area contributed by atoms with Crippen molar-refractivity contribution in [3.63, 3.8) is 0 Å². The first-order chi connectivity index (χ1) is 11.6.